The first-order valence-corrected chi connectivity index (χ1v) is 8.00. The molecule has 0 saturated heterocycles. The quantitative estimate of drug-likeness (QED) is 0.712. The van der Waals surface area contributed by atoms with E-state index in [4.69, 9.17) is 16.0 Å². The first kappa shape index (κ1) is 15.5. The van der Waals surface area contributed by atoms with Crippen molar-refractivity contribution in [1.82, 2.24) is 15.2 Å². The van der Waals surface area contributed by atoms with Crippen molar-refractivity contribution < 1.29 is 9.21 Å². The smallest absolute Gasteiger partial charge is 0.277 e. The van der Waals surface area contributed by atoms with Gasteiger partial charge in [-0.1, -0.05) is 29.4 Å². The van der Waals surface area contributed by atoms with Crippen LogP contribution in [0.3, 0.4) is 0 Å². The molecule has 1 amide bonds. The van der Waals surface area contributed by atoms with Crippen LogP contribution in [-0.2, 0) is 4.79 Å². The fourth-order valence-corrected chi connectivity index (χ4v) is 2.41. The van der Waals surface area contributed by atoms with E-state index in [0.29, 0.717) is 22.0 Å². The van der Waals surface area contributed by atoms with Gasteiger partial charge in [0.05, 0.1) is 5.75 Å². The van der Waals surface area contributed by atoms with Gasteiger partial charge in [-0.15, -0.1) is 10.2 Å². The van der Waals surface area contributed by atoms with E-state index in [2.05, 4.69) is 20.5 Å². The number of carbonyl (C=O) groups is 1. The maximum atomic E-state index is 11.8. The molecule has 3 rings (SSSR count). The Bertz CT molecular complexity index is 793. The zero-order valence-corrected chi connectivity index (χ0v) is 13.3. The lowest BCUT2D eigenvalue weighted by atomic mass is 10.2. The molecule has 2 aromatic heterocycles. The highest BCUT2D eigenvalue weighted by Gasteiger charge is 2.11. The molecule has 0 aliphatic carbocycles. The minimum absolute atomic E-state index is 0.152. The van der Waals surface area contributed by atoms with E-state index in [0.717, 1.165) is 17.3 Å². The summed E-state index contributed by atoms with van der Waals surface area (Å²) in [5, 5.41) is 11.5. The van der Waals surface area contributed by atoms with Crippen LogP contribution in [0.15, 0.2) is 58.3 Å². The molecule has 0 aliphatic rings. The van der Waals surface area contributed by atoms with Crippen LogP contribution in [0.1, 0.15) is 0 Å². The number of thioether (sulfide) groups is 1. The fourth-order valence-electron chi connectivity index (χ4n) is 1.72. The molecule has 0 spiro atoms. The molecule has 0 unspecified atom stereocenters. The summed E-state index contributed by atoms with van der Waals surface area (Å²) in [6, 6.07) is 12.4. The second-order valence-corrected chi connectivity index (χ2v) is 5.79. The van der Waals surface area contributed by atoms with Crippen molar-refractivity contribution in [2.24, 2.45) is 0 Å². The molecule has 116 valence electrons. The van der Waals surface area contributed by atoms with Crippen LogP contribution in [0.4, 0.5) is 5.82 Å². The van der Waals surface area contributed by atoms with Gasteiger partial charge in [-0.2, -0.15) is 0 Å². The van der Waals surface area contributed by atoms with Gasteiger partial charge in [0.1, 0.15) is 5.82 Å². The van der Waals surface area contributed by atoms with Crippen molar-refractivity contribution in [3.05, 3.63) is 53.7 Å². The maximum Gasteiger partial charge on any atom is 0.277 e. The van der Waals surface area contributed by atoms with Crippen LogP contribution in [0.5, 0.6) is 0 Å². The number of amides is 1. The van der Waals surface area contributed by atoms with Crippen LogP contribution >= 0.6 is 23.4 Å². The van der Waals surface area contributed by atoms with E-state index >= 15 is 0 Å². The first-order valence-electron chi connectivity index (χ1n) is 6.64. The number of hydrogen-bond acceptors (Lipinski definition) is 6. The molecular weight excluding hydrogens is 336 g/mol. The highest BCUT2D eigenvalue weighted by atomic mass is 35.5. The summed E-state index contributed by atoms with van der Waals surface area (Å²) in [5.74, 6) is 0.846. The van der Waals surface area contributed by atoms with Crippen molar-refractivity contribution in [3.63, 3.8) is 0 Å². The second kappa shape index (κ2) is 7.26. The zero-order chi connectivity index (χ0) is 16.1. The summed E-state index contributed by atoms with van der Waals surface area (Å²) in [5.41, 5.74) is 0.770. The lowest BCUT2D eigenvalue weighted by molar-refractivity contribution is -0.113. The summed E-state index contributed by atoms with van der Waals surface area (Å²) >= 11 is 7.00. The lowest BCUT2D eigenvalue weighted by Gasteiger charge is -2.01. The van der Waals surface area contributed by atoms with E-state index in [-0.39, 0.29) is 11.7 Å². The van der Waals surface area contributed by atoms with Crippen LogP contribution in [0.25, 0.3) is 11.5 Å². The summed E-state index contributed by atoms with van der Waals surface area (Å²) in [7, 11) is 0. The Hall–Kier alpha value is -2.38. The van der Waals surface area contributed by atoms with Crippen molar-refractivity contribution >= 4 is 35.1 Å². The van der Waals surface area contributed by atoms with Crippen molar-refractivity contribution in [1.29, 1.82) is 0 Å². The molecular formula is C15H11ClN4O2S. The maximum absolute atomic E-state index is 11.8. The number of rotatable bonds is 5. The van der Waals surface area contributed by atoms with Crippen LogP contribution in [0, 0.1) is 0 Å². The van der Waals surface area contributed by atoms with Crippen LogP contribution < -0.4 is 5.32 Å². The van der Waals surface area contributed by atoms with Gasteiger partial charge >= 0.3 is 0 Å². The third kappa shape index (κ3) is 4.30. The Morgan fingerprint density at radius 3 is 2.74 bits per heavy atom. The number of benzene rings is 1. The Kier molecular flexibility index (Phi) is 4.89. The summed E-state index contributed by atoms with van der Waals surface area (Å²) < 4.78 is 5.51. The standard InChI is InChI=1S/C15H11ClN4O2S/c16-11-6-4-10(5-7-11)14-19-20-15(22-14)23-9-13(21)18-12-3-1-2-8-17-12/h1-8H,9H2,(H,17,18,21). The highest BCUT2D eigenvalue weighted by Crippen LogP contribution is 2.24. The Balaban J connectivity index is 1.57. The van der Waals surface area contributed by atoms with E-state index in [1.807, 2.05) is 0 Å². The van der Waals surface area contributed by atoms with E-state index < -0.39 is 0 Å². The Morgan fingerprint density at radius 1 is 1.17 bits per heavy atom. The first-order chi connectivity index (χ1) is 11.2. The average Bonchev–Trinajstić information content (AvgIpc) is 3.04. The molecule has 0 radical (unpaired) electrons. The number of nitrogens with one attached hydrogen (secondary N) is 1. The molecule has 0 fully saturated rings. The molecule has 0 bridgehead atoms. The SMILES string of the molecule is O=C(CSc1nnc(-c2ccc(Cl)cc2)o1)Nc1ccccn1. The molecule has 8 heteroatoms. The summed E-state index contributed by atoms with van der Waals surface area (Å²) in [6.45, 7) is 0. The van der Waals surface area contributed by atoms with Crippen LogP contribution in [0.2, 0.25) is 5.02 Å². The van der Waals surface area contributed by atoms with Gasteiger partial charge in [0.2, 0.25) is 11.8 Å². The number of anilines is 1. The molecule has 1 N–H and O–H groups in total. The highest BCUT2D eigenvalue weighted by molar-refractivity contribution is 7.99. The molecule has 0 saturated carbocycles. The van der Waals surface area contributed by atoms with Gasteiger partial charge < -0.3 is 9.73 Å². The van der Waals surface area contributed by atoms with E-state index in [9.17, 15) is 4.79 Å². The normalized spacial score (nSPS) is 10.5. The van der Waals surface area contributed by atoms with Gasteiger partial charge in [-0.05, 0) is 36.4 Å². The number of hydrogen-bond donors (Lipinski definition) is 1. The van der Waals surface area contributed by atoms with Crippen LogP contribution in [-0.4, -0.2) is 26.8 Å². The summed E-state index contributed by atoms with van der Waals surface area (Å²) in [6.07, 6.45) is 1.61. The predicted octanol–water partition coefficient (Wildman–Crippen LogP) is 3.52. The molecule has 0 aliphatic heterocycles. The molecule has 3 aromatic rings. The van der Waals surface area contributed by atoms with Gasteiger partial charge in [0.25, 0.3) is 5.22 Å². The van der Waals surface area contributed by atoms with Crippen molar-refractivity contribution in [2.75, 3.05) is 11.1 Å². The Morgan fingerprint density at radius 2 is 2.00 bits per heavy atom. The van der Waals surface area contributed by atoms with Crippen molar-refractivity contribution in [2.45, 2.75) is 5.22 Å². The van der Waals surface area contributed by atoms with E-state index in [1.165, 1.54) is 0 Å². The number of nitrogens with zero attached hydrogens (tertiary/aromatic N) is 3. The topological polar surface area (TPSA) is 80.9 Å². The third-order valence-corrected chi connectivity index (χ3v) is 3.83. The van der Waals surface area contributed by atoms with Gasteiger partial charge in [0, 0.05) is 16.8 Å². The zero-order valence-electron chi connectivity index (χ0n) is 11.8. The molecule has 6 nitrogen and oxygen atoms in total. The fraction of sp³-hybridized carbons (Fsp3) is 0.0667. The number of aromatic nitrogens is 3. The third-order valence-electron chi connectivity index (χ3n) is 2.76. The summed E-state index contributed by atoms with van der Waals surface area (Å²) in [4.78, 5) is 15.8. The van der Waals surface area contributed by atoms with Gasteiger partial charge in [0.15, 0.2) is 0 Å². The van der Waals surface area contributed by atoms with E-state index in [1.54, 1.807) is 48.7 Å². The minimum atomic E-state index is -0.194. The molecule has 2 heterocycles. The second-order valence-electron chi connectivity index (χ2n) is 4.43. The Labute approximate surface area is 141 Å². The predicted molar refractivity (Wildman–Crippen MR) is 88.3 cm³/mol. The monoisotopic (exact) mass is 346 g/mol. The molecule has 23 heavy (non-hydrogen) atoms. The molecule has 1 aromatic carbocycles. The lowest BCUT2D eigenvalue weighted by Crippen LogP contribution is -2.14. The van der Waals surface area contributed by atoms with Gasteiger partial charge in [-0.3, -0.25) is 4.79 Å². The van der Waals surface area contributed by atoms with Gasteiger partial charge in [-0.25, -0.2) is 4.98 Å². The number of carbonyl (C=O) groups excluding carboxylic acids is 1. The minimum Gasteiger partial charge on any atom is -0.411 e. The molecule has 0 atom stereocenters. The number of pyridine rings is 1. The largest absolute Gasteiger partial charge is 0.411 e. The average molecular weight is 347 g/mol. The van der Waals surface area contributed by atoms with Crippen molar-refractivity contribution in [3.8, 4) is 11.5 Å². The number of halogens is 1.